The number of aromatic nitrogens is 1. The lowest BCUT2D eigenvalue weighted by molar-refractivity contribution is -0.121. The molecule has 1 unspecified atom stereocenters. The molecule has 1 aromatic heterocycles. The van der Waals surface area contributed by atoms with Crippen LogP contribution in [0.3, 0.4) is 0 Å². The van der Waals surface area contributed by atoms with Gasteiger partial charge in [0.2, 0.25) is 5.91 Å². The number of carbonyl (C=O) groups excluding carboxylic acids is 1. The van der Waals surface area contributed by atoms with Crippen LogP contribution in [0.4, 0.5) is 5.69 Å². The number of nitrogens with one attached hydrogen (secondary N) is 1. The van der Waals surface area contributed by atoms with Crippen molar-refractivity contribution in [3.05, 3.63) is 53.4 Å². The van der Waals surface area contributed by atoms with E-state index in [1.54, 1.807) is 7.11 Å². The van der Waals surface area contributed by atoms with Crippen molar-refractivity contribution in [1.29, 1.82) is 0 Å². The van der Waals surface area contributed by atoms with Crippen LogP contribution >= 0.6 is 11.6 Å². The van der Waals surface area contributed by atoms with Gasteiger partial charge in [0, 0.05) is 16.6 Å². The Kier molecular flexibility index (Phi) is 5.74. The van der Waals surface area contributed by atoms with Gasteiger partial charge in [-0.25, -0.2) is 4.98 Å². The lowest BCUT2D eigenvalue weighted by atomic mass is 9.95. The molecule has 1 N–H and O–H groups in total. The van der Waals surface area contributed by atoms with E-state index in [1.807, 2.05) is 49.4 Å². The number of benzene rings is 2. The van der Waals surface area contributed by atoms with Crippen molar-refractivity contribution in [1.82, 2.24) is 9.88 Å². The molecule has 152 valence electrons. The summed E-state index contributed by atoms with van der Waals surface area (Å²) in [4.78, 5) is 19.5. The van der Waals surface area contributed by atoms with E-state index in [-0.39, 0.29) is 17.9 Å². The number of methoxy groups -OCH3 is 1. The Morgan fingerprint density at radius 1 is 1.24 bits per heavy atom. The van der Waals surface area contributed by atoms with Gasteiger partial charge in [0.1, 0.15) is 11.3 Å². The van der Waals surface area contributed by atoms with E-state index in [2.05, 4.69) is 15.2 Å². The van der Waals surface area contributed by atoms with E-state index < -0.39 is 0 Å². The highest BCUT2D eigenvalue weighted by molar-refractivity contribution is 6.31. The Morgan fingerprint density at radius 2 is 1.97 bits per heavy atom. The number of anilines is 1. The summed E-state index contributed by atoms with van der Waals surface area (Å²) in [6, 6.07) is 12.6. The van der Waals surface area contributed by atoms with Crippen LogP contribution in [0.15, 0.2) is 46.9 Å². The number of likely N-dealkylation sites (tertiary alicyclic amines) is 1. The fraction of sp³-hybridized carbons (Fsp3) is 0.364. The van der Waals surface area contributed by atoms with Gasteiger partial charge < -0.3 is 14.5 Å². The monoisotopic (exact) mass is 413 g/mol. The Hall–Kier alpha value is -2.57. The van der Waals surface area contributed by atoms with Crippen molar-refractivity contribution in [2.24, 2.45) is 0 Å². The first-order valence-corrected chi connectivity index (χ1v) is 10.2. The molecule has 1 fully saturated rings. The zero-order chi connectivity index (χ0) is 20.4. The number of hydrogen-bond acceptors (Lipinski definition) is 5. The van der Waals surface area contributed by atoms with Crippen molar-refractivity contribution >= 4 is 34.3 Å². The minimum Gasteiger partial charge on any atom is -0.497 e. The average Bonchev–Trinajstić information content (AvgIpc) is 3.17. The minimum absolute atomic E-state index is 0.00915. The molecular weight excluding hydrogens is 390 g/mol. The van der Waals surface area contributed by atoms with E-state index in [1.165, 1.54) is 0 Å². The van der Waals surface area contributed by atoms with Crippen molar-refractivity contribution in [2.45, 2.75) is 31.7 Å². The number of rotatable bonds is 5. The predicted octanol–water partition coefficient (Wildman–Crippen LogP) is 4.70. The summed E-state index contributed by atoms with van der Waals surface area (Å²) in [5, 5.41) is 3.63. The number of hydrogen-bond donors (Lipinski definition) is 1. The van der Waals surface area contributed by atoms with Gasteiger partial charge >= 0.3 is 0 Å². The molecule has 0 saturated carbocycles. The average molecular weight is 414 g/mol. The molecule has 1 saturated heterocycles. The first-order chi connectivity index (χ1) is 14.0. The van der Waals surface area contributed by atoms with E-state index in [9.17, 15) is 4.79 Å². The fourth-order valence-corrected chi connectivity index (χ4v) is 3.88. The summed E-state index contributed by atoms with van der Waals surface area (Å²) in [5.41, 5.74) is 2.32. The molecule has 1 amide bonds. The molecule has 0 aliphatic carbocycles. The molecule has 0 bridgehead atoms. The molecule has 0 radical (unpaired) electrons. The second kappa shape index (κ2) is 8.43. The van der Waals surface area contributed by atoms with Crippen molar-refractivity contribution in [3.63, 3.8) is 0 Å². The molecule has 6 nitrogen and oxygen atoms in total. The van der Waals surface area contributed by atoms with Gasteiger partial charge in [-0.2, -0.15) is 0 Å². The van der Waals surface area contributed by atoms with Crippen LogP contribution in [-0.2, 0) is 4.79 Å². The highest BCUT2D eigenvalue weighted by atomic mass is 35.5. The molecule has 1 aliphatic heterocycles. The quantitative estimate of drug-likeness (QED) is 0.656. The largest absolute Gasteiger partial charge is 0.497 e. The molecule has 7 heteroatoms. The lowest BCUT2D eigenvalue weighted by Gasteiger charge is -2.34. The van der Waals surface area contributed by atoms with Gasteiger partial charge in [-0.3, -0.25) is 9.69 Å². The van der Waals surface area contributed by atoms with Crippen LogP contribution in [0.5, 0.6) is 5.75 Å². The molecule has 2 heterocycles. The second-order valence-corrected chi connectivity index (χ2v) is 7.80. The van der Waals surface area contributed by atoms with Crippen LogP contribution in [0.1, 0.15) is 31.6 Å². The summed E-state index contributed by atoms with van der Waals surface area (Å²) in [6.07, 6.45) is 1.81. The highest BCUT2D eigenvalue weighted by Gasteiger charge is 2.29. The zero-order valence-corrected chi connectivity index (χ0v) is 17.3. The van der Waals surface area contributed by atoms with Crippen molar-refractivity contribution in [2.75, 3.05) is 25.5 Å². The third kappa shape index (κ3) is 4.38. The van der Waals surface area contributed by atoms with Crippen LogP contribution in [-0.4, -0.2) is 42.0 Å². The number of halogens is 1. The van der Waals surface area contributed by atoms with E-state index in [0.717, 1.165) is 54.4 Å². The summed E-state index contributed by atoms with van der Waals surface area (Å²) < 4.78 is 11.1. The third-order valence-electron chi connectivity index (χ3n) is 5.53. The van der Waals surface area contributed by atoms with Crippen molar-refractivity contribution < 1.29 is 13.9 Å². The molecule has 3 aromatic rings. The van der Waals surface area contributed by atoms with Crippen LogP contribution < -0.4 is 10.1 Å². The molecule has 1 aliphatic rings. The fourth-order valence-electron chi connectivity index (χ4n) is 3.71. The summed E-state index contributed by atoms with van der Waals surface area (Å²) >= 11 is 6.04. The number of oxazole rings is 1. The maximum absolute atomic E-state index is 12.6. The topological polar surface area (TPSA) is 67.6 Å². The first kappa shape index (κ1) is 19.7. The Morgan fingerprint density at radius 3 is 2.66 bits per heavy atom. The number of piperidine rings is 1. The van der Waals surface area contributed by atoms with E-state index in [4.69, 9.17) is 20.8 Å². The molecule has 0 spiro atoms. The number of ether oxygens (including phenoxy) is 1. The van der Waals surface area contributed by atoms with E-state index >= 15 is 0 Å². The standard InChI is InChI=1S/C22H24ClN3O3/c1-14(21(27)24-17-4-6-18(28-2)7-5-17)26-11-9-15(10-12-26)22-25-19-13-16(23)3-8-20(19)29-22/h3-8,13-15H,9-12H2,1-2H3,(H,24,27). The summed E-state index contributed by atoms with van der Waals surface area (Å²) in [5.74, 6) is 1.77. The Bertz CT molecular complexity index is 994. The molecule has 4 rings (SSSR count). The Labute approximate surface area is 174 Å². The van der Waals surface area contributed by atoms with Gasteiger partial charge in [0.25, 0.3) is 0 Å². The van der Waals surface area contributed by atoms with Gasteiger partial charge in [-0.05, 0) is 75.3 Å². The van der Waals surface area contributed by atoms with Crippen molar-refractivity contribution in [3.8, 4) is 5.75 Å². The number of nitrogens with zero attached hydrogens (tertiary/aromatic N) is 2. The van der Waals surface area contributed by atoms with Gasteiger partial charge in [-0.15, -0.1) is 0 Å². The molecular formula is C22H24ClN3O3. The minimum atomic E-state index is -0.208. The zero-order valence-electron chi connectivity index (χ0n) is 16.5. The van der Waals surface area contributed by atoms with Crippen LogP contribution in [0, 0.1) is 0 Å². The maximum atomic E-state index is 12.6. The molecule has 1 atom stereocenters. The normalized spacial score (nSPS) is 16.7. The third-order valence-corrected chi connectivity index (χ3v) is 5.76. The van der Waals surface area contributed by atoms with Crippen LogP contribution in [0.2, 0.25) is 5.02 Å². The first-order valence-electron chi connectivity index (χ1n) is 9.78. The van der Waals surface area contributed by atoms with Gasteiger partial charge in [0.15, 0.2) is 11.5 Å². The van der Waals surface area contributed by atoms with E-state index in [0.29, 0.717) is 5.02 Å². The second-order valence-electron chi connectivity index (χ2n) is 7.37. The van der Waals surface area contributed by atoms with Gasteiger partial charge in [-0.1, -0.05) is 11.6 Å². The van der Waals surface area contributed by atoms with Gasteiger partial charge in [0.05, 0.1) is 13.2 Å². The predicted molar refractivity (Wildman–Crippen MR) is 114 cm³/mol. The SMILES string of the molecule is COc1ccc(NC(=O)C(C)N2CCC(c3nc4cc(Cl)ccc4o3)CC2)cc1. The number of amides is 1. The highest BCUT2D eigenvalue weighted by Crippen LogP contribution is 2.31. The molecule has 29 heavy (non-hydrogen) atoms. The smallest absolute Gasteiger partial charge is 0.241 e. The van der Waals surface area contributed by atoms with Crippen LogP contribution in [0.25, 0.3) is 11.1 Å². The number of carbonyl (C=O) groups is 1. The number of fused-ring (bicyclic) bond motifs is 1. The molecule has 2 aromatic carbocycles. The lowest BCUT2D eigenvalue weighted by Crippen LogP contribution is -2.45. The summed E-state index contributed by atoms with van der Waals surface area (Å²) in [6.45, 7) is 3.59. The summed E-state index contributed by atoms with van der Waals surface area (Å²) in [7, 11) is 1.62. The Balaban J connectivity index is 1.34. The maximum Gasteiger partial charge on any atom is 0.241 e.